The molecule has 2 atom stereocenters. The summed E-state index contributed by atoms with van der Waals surface area (Å²) in [6, 6.07) is 8.59. The molecule has 2 aromatic rings. The van der Waals surface area contributed by atoms with Gasteiger partial charge in [0.15, 0.2) is 9.84 Å². The Labute approximate surface area is 152 Å². The molecule has 2 aliphatic rings. The minimum atomic E-state index is -3.14. The number of fused-ring (bicyclic) bond motifs is 2. The molecular formula is C18H21N3O4S. The molecule has 0 N–H and O–H groups in total. The summed E-state index contributed by atoms with van der Waals surface area (Å²) in [6.07, 6.45) is 0. The van der Waals surface area contributed by atoms with Crippen molar-refractivity contribution in [3.05, 3.63) is 35.9 Å². The number of methoxy groups -OCH3 is 1. The van der Waals surface area contributed by atoms with Gasteiger partial charge in [0.25, 0.3) is 5.91 Å². The van der Waals surface area contributed by atoms with E-state index >= 15 is 0 Å². The summed E-state index contributed by atoms with van der Waals surface area (Å²) in [7, 11) is 0.298. The van der Waals surface area contributed by atoms with Gasteiger partial charge in [-0.2, -0.15) is 0 Å². The molecule has 1 aromatic heterocycles. The van der Waals surface area contributed by atoms with Crippen molar-refractivity contribution >= 4 is 26.6 Å². The van der Waals surface area contributed by atoms with Crippen molar-refractivity contribution in [3.63, 3.8) is 0 Å². The number of carbonyl (C=O) groups is 1. The fraction of sp³-hybridized carbons (Fsp3) is 0.444. The Morgan fingerprint density at radius 2 is 1.92 bits per heavy atom. The summed E-state index contributed by atoms with van der Waals surface area (Å²) in [6.45, 7) is 1.16. The summed E-state index contributed by atoms with van der Waals surface area (Å²) in [4.78, 5) is 21.5. The van der Waals surface area contributed by atoms with E-state index in [4.69, 9.17) is 4.74 Å². The molecule has 2 fully saturated rings. The topological polar surface area (TPSA) is 79.8 Å². The molecule has 7 nitrogen and oxygen atoms in total. The lowest BCUT2D eigenvalue weighted by Crippen LogP contribution is -2.59. The van der Waals surface area contributed by atoms with Gasteiger partial charge in [-0.1, -0.05) is 18.2 Å². The molecule has 0 radical (unpaired) electrons. The van der Waals surface area contributed by atoms with Gasteiger partial charge in [-0.25, -0.2) is 13.4 Å². The van der Waals surface area contributed by atoms with Crippen LogP contribution >= 0.6 is 0 Å². The summed E-state index contributed by atoms with van der Waals surface area (Å²) < 4.78 is 29.6. The van der Waals surface area contributed by atoms with E-state index in [0.29, 0.717) is 30.0 Å². The third kappa shape index (κ3) is 2.83. The molecule has 138 valence electrons. The number of para-hydroxylation sites is 1. The fourth-order valence-electron chi connectivity index (χ4n) is 3.97. The first-order valence-corrected chi connectivity index (χ1v) is 10.4. The molecule has 1 aromatic carbocycles. The van der Waals surface area contributed by atoms with Crippen molar-refractivity contribution in [3.8, 4) is 5.88 Å². The van der Waals surface area contributed by atoms with Gasteiger partial charge in [0.1, 0.15) is 0 Å². The summed E-state index contributed by atoms with van der Waals surface area (Å²) >= 11 is 0. The van der Waals surface area contributed by atoms with E-state index < -0.39 is 9.84 Å². The van der Waals surface area contributed by atoms with Crippen molar-refractivity contribution in [2.24, 2.45) is 0 Å². The maximum absolute atomic E-state index is 13.4. The van der Waals surface area contributed by atoms with Crippen LogP contribution in [-0.4, -0.2) is 79.9 Å². The molecule has 26 heavy (non-hydrogen) atoms. The molecule has 0 unspecified atom stereocenters. The number of ether oxygens (including phenoxy) is 1. The highest BCUT2D eigenvalue weighted by Crippen LogP contribution is 2.29. The number of piperazine rings is 1. The third-order valence-electron chi connectivity index (χ3n) is 5.35. The minimum absolute atomic E-state index is 0.0217. The number of nitrogens with zero attached hydrogens (tertiary/aromatic N) is 3. The predicted molar refractivity (Wildman–Crippen MR) is 98.2 cm³/mol. The number of benzene rings is 1. The van der Waals surface area contributed by atoms with Gasteiger partial charge in [0.05, 0.1) is 35.7 Å². The fourth-order valence-corrected chi connectivity index (χ4v) is 6.02. The number of hydrogen-bond acceptors (Lipinski definition) is 6. The molecule has 8 heteroatoms. The van der Waals surface area contributed by atoms with Crippen LogP contribution in [0, 0.1) is 0 Å². The van der Waals surface area contributed by atoms with Crippen molar-refractivity contribution in [1.29, 1.82) is 0 Å². The zero-order chi connectivity index (χ0) is 18.5. The highest BCUT2D eigenvalue weighted by molar-refractivity contribution is 7.91. The van der Waals surface area contributed by atoms with E-state index in [-0.39, 0.29) is 29.5 Å². The maximum atomic E-state index is 13.4. The Kier molecular flexibility index (Phi) is 4.11. The standard InChI is InChI=1S/C18H21N3O4S/c1-20-7-8-21(16-11-26(23,24)10-15(16)20)18(22)13-9-17(25-2)19-14-6-4-3-5-12(13)14/h3-6,9,15-16H,7-8,10-11H2,1-2H3/t15-,16+/m0/s1. The van der Waals surface area contributed by atoms with E-state index in [1.165, 1.54) is 7.11 Å². The van der Waals surface area contributed by atoms with E-state index in [9.17, 15) is 13.2 Å². The van der Waals surface area contributed by atoms with Crippen LogP contribution in [0.25, 0.3) is 10.9 Å². The molecule has 2 saturated heterocycles. The number of carbonyl (C=O) groups excluding carboxylic acids is 1. The summed E-state index contributed by atoms with van der Waals surface area (Å²) in [5, 5.41) is 0.745. The third-order valence-corrected chi connectivity index (χ3v) is 7.05. The lowest BCUT2D eigenvalue weighted by molar-refractivity contribution is 0.0411. The molecule has 1 amide bonds. The summed E-state index contributed by atoms with van der Waals surface area (Å²) in [5.41, 5.74) is 1.18. The van der Waals surface area contributed by atoms with Gasteiger partial charge in [-0.15, -0.1) is 0 Å². The molecule has 0 bridgehead atoms. The average Bonchev–Trinajstić information content (AvgIpc) is 2.96. The van der Waals surface area contributed by atoms with Gasteiger partial charge in [0, 0.05) is 30.6 Å². The van der Waals surface area contributed by atoms with Crippen molar-refractivity contribution < 1.29 is 17.9 Å². The number of amides is 1. The first-order valence-electron chi connectivity index (χ1n) is 8.55. The summed E-state index contributed by atoms with van der Waals surface area (Å²) in [5.74, 6) is 0.338. The molecule has 3 heterocycles. The quantitative estimate of drug-likeness (QED) is 0.772. The lowest BCUT2D eigenvalue weighted by atomic mass is 10.0. The van der Waals surface area contributed by atoms with Gasteiger partial charge in [-0.05, 0) is 13.1 Å². The number of rotatable bonds is 2. The SMILES string of the molecule is COc1cc(C(=O)N2CCN(C)[C@H]3CS(=O)(=O)C[C@H]32)c2ccccc2n1. The molecular weight excluding hydrogens is 354 g/mol. The largest absolute Gasteiger partial charge is 0.481 e. The van der Waals surface area contributed by atoms with Gasteiger partial charge in [0.2, 0.25) is 5.88 Å². The number of hydrogen-bond donors (Lipinski definition) is 0. The monoisotopic (exact) mass is 375 g/mol. The number of pyridine rings is 1. The normalized spacial score (nSPS) is 25.2. The van der Waals surface area contributed by atoms with Gasteiger partial charge >= 0.3 is 0 Å². The van der Waals surface area contributed by atoms with E-state index in [2.05, 4.69) is 4.98 Å². The first kappa shape index (κ1) is 17.2. The van der Waals surface area contributed by atoms with Crippen LogP contribution in [0.4, 0.5) is 0 Å². The number of sulfone groups is 1. The van der Waals surface area contributed by atoms with Crippen LogP contribution in [0.1, 0.15) is 10.4 Å². The van der Waals surface area contributed by atoms with Crippen LogP contribution in [0.5, 0.6) is 5.88 Å². The Hall–Kier alpha value is -2.19. The molecule has 0 spiro atoms. The zero-order valence-electron chi connectivity index (χ0n) is 14.8. The van der Waals surface area contributed by atoms with Gasteiger partial charge in [-0.3, -0.25) is 9.69 Å². The Morgan fingerprint density at radius 1 is 1.19 bits per heavy atom. The van der Waals surface area contributed by atoms with Crippen LogP contribution in [0.15, 0.2) is 30.3 Å². The van der Waals surface area contributed by atoms with E-state index in [1.807, 2.05) is 36.2 Å². The molecule has 2 aliphatic heterocycles. The van der Waals surface area contributed by atoms with Crippen LogP contribution in [-0.2, 0) is 9.84 Å². The molecule has 0 saturated carbocycles. The second-order valence-electron chi connectivity index (χ2n) is 6.92. The Morgan fingerprint density at radius 3 is 2.69 bits per heavy atom. The van der Waals surface area contributed by atoms with E-state index in [0.717, 1.165) is 5.39 Å². The Bertz CT molecular complexity index is 976. The zero-order valence-corrected chi connectivity index (χ0v) is 15.6. The average molecular weight is 375 g/mol. The minimum Gasteiger partial charge on any atom is -0.481 e. The Balaban J connectivity index is 1.77. The van der Waals surface area contributed by atoms with Crippen molar-refractivity contribution in [2.75, 3.05) is 38.8 Å². The van der Waals surface area contributed by atoms with Crippen LogP contribution in [0.2, 0.25) is 0 Å². The van der Waals surface area contributed by atoms with Gasteiger partial charge < -0.3 is 9.64 Å². The first-order chi connectivity index (χ1) is 12.4. The van der Waals surface area contributed by atoms with Crippen molar-refractivity contribution in [1.82, 2.24) is 14.8 Å². The van der Waals surface area contributed by atoms with E-state index in [1.54, 1.807) is 11.0 Å². The van der Waals surface area contributed by atoms with Crippen LogP contribution < -0.4 is 4.74 Å². The maximum Gasteiger partial charge on any atom is 0.255 e. The number of aromatic nitrogens is 1. The smallest absolute Gasteiger partial charge is 0.255 e. The predicted octanol–water partition coefficient (Wildman–Crippen LogP) is 0.797. The second-order valence-corrected chi connectivity index (χ2v) is 9.07. The number of likely N-dealkylation sites (N-methyl/N-ethyl adjacent to an activating group) is 1. The lowest BCUT2D eigenvalue weighted by Gasteiger charge is -2.42. The highest BCUT2D eigenvalue weighted by atomic mass is 32.2. The van der Waals surface area contributed by atoms with Crippen LogP contribution in [0.3, 0.4) is 0 Å². The van der Waals surface area contributed by atoms with Crippen molar-refractivity contribution in [2.45, 2.75) is 12.1 Å². The molecule has 0 aliphatic carbocycles. The highest BCUT2D eigenvalue weighted by Gasteiger charge is 2.47. The molecule has 4 rings (SSSR count). The second kappa shape index (κ2) is 6.21.